The predicted molar refractivity (Wildman–Crippen MR) is 69.2 cm³/mol. The molecule has 0 saturated heterocycles. The molecular formula is C13H10F3N3O2. The van der Waals surface area contributed by atoms with Crippen LogP contribution >= 0.6 is 0 Å². The van der Waals surface area contributed by atoms with Gasteiger partial charge >= 0.3 is 0 Å². The summed E-state index contributed by atoms with van der Waals surface area (Å²) in [5, 5.41) is 13.4. The van der Waals surface area contributed by atoms with Gasteiger partial charge in [0.05, 0.1) is 22.9 Å². The van der Waals surface area contributed by atoms with Gasteiger partial charge in [-0.2, -0.15) is 0 Å². The second-order valence-corrected chi connectivity index (χ2v) is 4.28. The molecule has 0 fully saturated rings. The fraction of sp³-hybridized carbons (Fsp3) is 0.154. The van der Waals surface area contributed by atoms with Crippen LogP contribution in [0, 0.1) is 27.6 Å². The van der Waals surface area contributed by atoms with Gasteiger partial charge in [-0.25, -0.2) is 13.2 Å². The van der Waals surface area contributed by atoms with Gasteiger partial charge in [0.2, 0.25) is 0 Å². The average molecular weight is 297 g/mol. The van der Waals surface area contributed by atoms with Crippen LogP contribution in [0.2, 0.25) is 0 Å². The van der Waals surface area contributed by atoms with Gasteiger partial charge in [0.1, 0.15) is 5.82 Å². The number of nitro benzene ring substituents is 1. The smallest absolute Gasteiger partial charge is 0.295 e. The molecule has 110 valence electrons. The number of pyridine rings is 1. The number of nitrogens with one attached hydrogen (secondary N) is 1. The minimum absolute atomic E-state index is 0.328. The number of aromatic nitrogens is 1. The summed E-state index contributed by atoms with van der Waals surface area (Å²) in [5.41, 5.74) is -0.837. The summed E-state index contributed by atoms with van der Waals surface area (Å²) in [5.74, 6) is -3.10. The first-order chi connectivity index (χ1) is 9.90. The summed E-state index contributed by atoms with van der Waals surface area (Å²) >= 11 is 0. The van der Waals surface area contributed by atoms with Crippen molar-refractivity contribution in [3.8, 4) is 0 Å². The SMILES string of the molecule is CC(Nc1c([N+](=O)[O-])ccc(F)c1F)c1ccc(F)cn1. The largest absolute Gasteiger partial charge is 0.369 e. The van der Waals surface area contributed by atoms with E-state index in [9.17, 15) is 23.3 Å². The van der Waals surface area contributed by atoms with E-state index in [1.165, 1.54) is 13.0 Å². The molecule has 0 amide bonds. The van der Waals surface area contributed by atoms with Gasteiger partial charge < -0.3 is 5.32 Å². The fourth-order valence-corrected chi connectivity index (χ4v) is 1.76. The van der Waals surface area contributed by atoms with Gasteiger partial charge in [-0.3, -0.25) is 15.1 Å². The Bertz CT molecular complexity index is 677. The van der Waals surface area contributed by atoms with E-state index in [1.54, 1.807) is 0 Å². The Morgan fingerprint density at radius 3 is 2.52 bits per heavy atom. The van der Waals surface area contributed by atoms with Gasteiger partial charge in [0, 0.05) is 6.07 Å². The number of rotatable bonds is 4. The van der Waals surface area contributed by atoms with Crippen molar-refractivity contribution in [3.05, 3.63) is 63.7 Å². The molecule has 1 unspecified atom stereocenters. The number of benzene rings is 1. The third-order valence-corrected chi connectivity index (χ3v) is 2.82. The van der Waals surface area contributed by atoms with Gasteiger partial charge in [0.15, 0.2) is 17.3 Å². The molecule has 0 aliphatic rings. The highest BCUT2D eigenvalue weighted by Gasteiger charge is 2.23. The van der Waals surface area contributed by atoms with E-state index in [-0.39, 0.29) is 0 Å². The van der Waals surface area contributed by atoms with Crippen LogP contribution < -0.4 is 5.32 Å². The topological polar surface area (TPSA) is 68.1 Å². The van der Waals surface area contributed by atoms with Crippen molar-refractivity contribution >= 4 is 11.4 Å². The molecule has 1 aromatic heterocycles. The lowest BCUT2D eigenvalue weighted by Gasteiger charge is -2.15. The van der Waals surface area contributed by atoms with Gasteiger partial charge in [-0.1, -0.05) is 0 Å². The Balaban J connectivity index is 2.36. The number of nitro groups is 1. The summed E-state index contributed by atoms with van der Waals surface area (Å²) in [6.45, 7) is 1.54. The molecule has 2 aromatic rings. The maximum atomic E-state index is 13.7. The Morgan fingerprint density at radius 2 is 1.95 bits per heavy atom. The van der Waals surface area contributed by atoms with Crippen molar-refractivity contribution < 1.29 is 18.1 Å². The molecule has 5 nitrogen and oxygen atoms in total. The quantitative estimate of drug-likeness (QED) is 0.692. The standard InChI is InChI=1S/C13H10F3N3O2/c1-7(10-4-2-8(14)6-17-10)18-13-11(19(20)21)5-3-9(15)12(13)16/h2-7,18H,1H3. The number of hydrogen-bond donors (Lipinski definition) is 1. The third kappa shape index (κ3) is 3.10. The molecular weight excluding hydrogens is 287 g/mol. The van der Waals surface area contributed by atoms with Crippen LogP contribution in [0.4, 0.5) is 24.5 Å². The molecule has 0 aliphatic heterocycles. The lowest BCUT2D eigenvalue weighted by atomic mass is 10.1. The first kappa shape index (κ1) is 14.8. The molecule has 0 saturated carbocycles. The van der Waals surface area contributed by atoms with E-state index < -0.39 is 39.8 Å². The fourth-order valence-electron chi connectivity index (χ4n) is 1.76. The summed E-state index contributed by atoms with van der Waals surface area (Å²) in [7, 11) is 0. The van der Waals surface area contributed by atoms with E-state index in [0.717, 1.165) is 18.3 Å². The average Bonchev–Trinajstić information content (AvgIpc) is 2.44. The van der Waals surface area contributed by atoms with Crippen molar-refractivity contribution in [1.29, 1.82) is 0 Å². The molecule has 21 heavy (non-hydrogen) atoms. The molecule has 0 radical (unpaired) electrons. The first-order valence-electron chi connectivity index (χ1n) is 5.90. The van der Waals surface area contributed by atoms with E-state index >= 15 is 0 Å². The molecule has 1 heterocycles. The van der Waals surface area contributed by atoms with E-state index in [1.807, 2.05) is 0 Å². The van der Waals surface area contributed by atoms with Gasteiger partial charge in [0.25, 0.3) is 5.69 Å². The number of halogens is 3. The van der Waals surface area contributed by atoms with Crippen molar-refractivity contribution in [2.24, 2.45) is 0 Å². The van der Waals surface area contributed by atoms with Gasteiger partial charge in [-0.15, -0.1) is 0 Å². The van der Waals surface area contributed by atoms with E-state index in [0.29, 0.717) is 11.8 Å². The molecule has 1 N–H and O–H groups in total. The Labute approximate surface area is 117 Å². The molecule has 8 heteroatoms. The Kier molecular flexibility index (Phi) is 4.06. The lowest BCUT2D eigenvalue weighted by molar-refractivity contribution is -0.384. The molecule has 1 aromatic carbocycles. The van der Waals surface area contributed by atoms with Crippen LogP contribution in [-0.2, 0) is 0 Å². The Morgan fingerprint density at radius 1 is 1.24 bits per heavy atom. The molecule has 0 aliphatic carbocycles. The minimum Gasteiger partial charge on any atom is -0.369 e. The number of anilines is 1. The van der Waals surface area contributed by atoms with Crippen molar-refractivity contribution in [2.45, 2.75) is 13.0 Å². The summed E-state index contributed by atoms with van der Waals surface area (Å²) in [4.78, 5) is 13.8. The molecule has 0 bridgehead atoms. The second kappa shape index (κ2) is 5.78. The summed E-state index contributed by atoms with van der Waals surface area (Å²) in [6, 6.07) is 3.36. The van der Waals surface area contributed by atoms with Crippen molar-refractivity contribution in [2.75, 3.05) is 5.32 Å². The number of nitrogens with zero attached hydrogens (tertiary/aromatic N) is 2. The summed E-state index contributed by atoms with van der Waals surface area (Å²) in [6.07, 6.45) is 0.962. The predicted octanol–water partition coefficient (Wildman–Crippen LogP) is 3.58. The highest BCUT2D eigenvalue weighted by atomic mass is 19.2. The van der Waals surface area contributed by atoms with Crippen LogP contribution in [0.25, 0.3) is 0 Å². The van der Waals surface area contributed by atoms with Crippen molar-refractivity contribution in [1.82, 2.24) is 4.98 Å². The Hall–Kier alpha value is -2.64. The van der Waals surface area contributed by atoms with E-state index in [4.69, 9.17) is 0 Å². The van der Waals surface area contributed by atoms with Gasteiger partial charge in [-0.05, 0) is 25.1 Å². The highest BCUT2D eigenvalue weighted by molar-refractivity contribution is 5.63. The maximum Gasteiger partial charge on any atom is 0.295 e. The van der Waals surface area contributed by atoms with E-state index in [2.05, 4.69) is 10.3 Å². The van der Waals surface area contributed by atoms with Crippen LogP contribution in [0.3, 0.4) is 0 Å². The highest BCUT2D eigenvalue weighted by Crippen LogP contribution is 2.31. The third-order valence-electron chi connectivity index (χ3n) is 2.82. The zero-order valence-electron chi connectivity index (χ0n) is 10.8. The normalized spacial score (nSPS) is 12.0. The van der Waals surface area contributed by atoms with Crippen LogP contribution in [-0.4, -0.2) is 9.91 Å². The second-order valence-electron chi connectivity index (χ2n) is 4.28. The molecule has 1 atom stereocenters. The zero-order chi connectivity index (χ0) is 15.6. The maximum absolute atomic E-state index is 13.7. The number of hydrogen-bond acceptors (Lipinski definition) is 4. The summed E-state index contributed by atoms with van der Waals surface area (Å²) < 4.78 is 39.7. The first-order valence-corrected chi connectivity index (χ1v) is 5.90. The monoisotopic (exact) mass is 297 g/mol. The van der Waals surface area contributed by atoms with Crippen LogP contribution in [0.5, 0.6) is 0 Å². The van der Waals surface area contributed by atoms with Crippen molar-refractivity contribution in [3.63, 3.8) is 0 Å². The molecule has 2 rings (SSSR count). The zero-order valence-corrected chi connectivity index (χ0v) is 10.8. The molecule has 0 spiro atoms. The lowest BCUT2D eigenvalue weighted by Crippen LogP contribution is -2.12. The van der Waals surface area contributed by atoms with Crippen LogP contribution in [0.1, 0.15) is 18.7 Å². The minimum atomic E-state index is -1.35. The van der Waals surface area contributed by atoms with Crippen LogP contribution in [0.15, 0.2) is 30.5 Å².